The van der Waals surface area contributed by atoms with Gasteiger partial charge in [-0.15, -0.1) is 0 Å². The van der Waals surface area contributed by atoms with Gasteiger partial charge in [-0.2, -0.15) is 0 Å². The van der Waals surface area contributed by atoms with Crippen LogP contribution in [0.4, 0.5) is 11.4 Å². The van der Waals surface area contributed by atoms with Gasteiger partial charge in [0.25, 0.3) is 0 Å². The number of nitrogens with zero attached hydrogens (tertiary/aromatic N) is 2. The Kier molecular flexibility index (Phi) is 3.65. The molecule has 104 valence electrons. The van der Waals surface area contributed by atoms with E-state index < -0.39 is 0 Å². The van der Waals surface area contributed by atoms with Crippen LogP contribution in [0.25, 0.3) is 0 Å². The van der Waals surface area contributed by atoms with Gasteiger partial charge in [0.05, 0.1) is 0 Å². The number of benzene rings is 1. The number of nitrogens with two attached hydrogens (primary N) is 1. The lowest BCUT2D eigenvalue weighted by atomic mass is 10.0. The van der Waals surface area contributed by atoms with Crippen LogP contribution in [0.15, 0.2) is 18.2 Å². The third kappa shape index (κ3) is 2.71. The molecule has 0 aromatic heterocycles. The van der Waals surface area contributed by atoms with E-state index in [0.29, 0.717) is 6.04 Å². The largest absolute Gasteiger partial charge is 0.399 e. The minimum Gasteiger partial charge on any atom is -0.399 e. The zero-order valence-electron chi connectivity index (χ0n) is 11.9. The second kappa shape index (κ2) is 5.41. The number of fused-ring (bicyclic) bond motifs is 1. The molecule has 1 aromatic rings. The summed E-state index contributed by atoms with van der Waals surface area (Å²) in [5.41, 5.74) is 9.64. The summed E-state index contributed by atoms with van der Waals surface area (Å²) in [6.07, 6.45) is 5.17. The van der Waals surface area contributed by atoms with E-state index in [2.05, 4.69) is 28.9 Å². The number of hydrogen-bond acceptors (Lipinski definition) is 3. The highest BCUT2D eigenvalue weighted by Crippen LogP contribution is 2.29. The fourth-order valence-electron chi connectivity index (χ4n) is 3.50. The molecular weight excluding hydrogens is 234 g/mol. The van der Waals surface area contributed by atoms with Crippen LogP contribution in [-0.4, -0.2) is 37.1 Å². The van der Waals surface area contributed by atoms with Gasteiger partial charge in [0.2, 0.25) is 0 Å². The van der Waals surface area contributed by atoms with Crippen molar-refractivity contribution < 1.29 is 0 Å². The van der Waals surface area contributed by atoms with Crippen LogP contribution in [0.3, 0.4) is 0 Å². The zero-order chi connectivity index (χ0) is 13.2. The summed E-state index contributed by atoms with van der Waals surface area (Å²) in [5, 5.41) is 0. The van der Waals surface area contributed by atoms with Crippen LogP contribution in [-0.2, 0) is 6.42 Å². The van der Waals surface area contributed by atoms with Gasteiger partial charge in [-0.3, -0.25) is 4.90 Å². The van der Waals surface area contributed by atoms with Crippen LogP contribution in [0, 0.1) is 0 Å². The van der Waals surface area contributed by atoms with Crippen LogP contribution < -0.4 is 10.6 Å². The number of rotatable bonds is 3. The second-order valence-corrected chi connectivity index (χ2v) is 6.03. The van der Waals surface area contributed by atoms with E-state index in [9.17, 15) is 0 Å². The predicted molar refractivity (Wildman–Crippen MR) is 81.7 cm³/mol. The van der Waals surface area contributed by atoms with Crippen molar-refractivity contribution >= 4 is 11.4 Å². The Labute approximate surface area is 116 Å². The first-order valence-electron chi connectivity index (χ1n) is 7.61. The summed E-state index contributed by atoms with van der Waals surface area (Å²) in [5.74, 6) is 0. The van der Waals surface area contributed by atoms with Crippen LogP contribution in [0.1, 0.15) is 31.7 Å². The van der Waals surface area contributed by atoms with Crippen LogP contribution in [0.2, 0.25) is 0 Å². The molecule has 3 nitrogen and oxygen atoms in total. The highest BCUT2D eigenvalue weighted by atomic mass is 15.2. The normalized spacial score (nSPS) is 21.4. The van der Waals surface area contributed by atoms with Gasteiger partial charge in [-0.1, -0.05) is 0 Å². The van der Waals surface area contributed by atoms with E-state index in [-0.39, 0.29) is 0 Å². The topological polar surface area (TPSA) is 32.5 Å². The number of hydrogen-bond donors (Lipinski definition) is 1. The highest BCUT2D eigenvalue weighted by Gasteiger charge is 2.23. The molecule has 2 heterocycles. The first kappa shape index (κ1) is 12.8. The standard InChI is InChI=1S/C16H25N3/c1-13(18-8-2-3-9-18)12-19-10-4-5-14-11-15(17)6-7-16(14)19/h6-7,11,13H,2-5,8-10,12,17H2,1H3. The Hall–Kier alpha value is -1.22. The maximum absolute atomic E-state index is 5.90. The lowest BCUT2D eigenvalue weighted by Gasteiger charge is -2.36. The molecule has 1 saturated heterocycles. The number of nitrogen functional groups attached to an aromatic ring is 1. The zero-order valence-corrected chi connectivity index (χ0v) is 11.9. The van der Waals surface area contributed by atoms with Gasteiger partial charge in [0, 0.05) is 30.5 Å². The number of anilines is 2. The molecule has 0 aliphatic carbocycles. The average molecular weight is 259 g/mol. The van der Waals surface area contributed by atoms with E-state index in [4.69, 9.17) is 5.73 Å². The predicted octanol–water partition coefficient (Wildman–Crippen LogP) is 2.51. The summed E-state index contributed by atoms with van der Waals surface area (Å²) in [6, 6.07) is 7.06. The molecule has 2 N–H and O–H groups in total. The Morgan fingerprint density at radius 2 is 1.95 bits per heavy atom. The van der Waals surface area contributed by atoms with E-state index in [1.165, 1.54) is 56.6 Å². The van der Waals surface area contributed by atoms with Crippen molar-refractivity contribution in [2.24, 2.45) is 0 Å². The first-order valence-corrected chi connectivity index (χ1v) is 7.61. The summed E-state index contributed by atoms with van der Waals surface area (Å²) >= 11 is 0. The first-order chi connectivity index (χ1) is 9.24. The maximum atomic E-state index is 5.90. The summed E-state index contributed by atoms with van der Waals surface area (Å²) < 4.78 is 0. The maximum Gasteiger partial charge on any atom is 0.0400 e. The molecule has 1 fully saturated rings. The summed E-state index contributed by atoms with van der Waals surface area (Å²) in [4.78, 5) is 5.19. The SMILES string of the molecule is CC(CN1CCCc2cc(N)ccc21)N1CCCC1. The minimum absolute atomic E-state index is 0.658. The van der Waals surface area contributed by atoms with Crippen molar-refractivity contribution in [3.63, 3.8) is 0 Å². The molecule has 0 radical (unpaired) electrons. The monoisotopic (exact) mass is 259 g/mol. The lowest BCUT2D eigenvalue weighted by molar-refractivity contribution is 0.260. The van der Waals surface area contributed by atoms with E-state index >= 15 is 0 Å². The van der Waals surface area contributed by atoms with Gasteiger partial charge in [-0.05, 0) is 69.5 Å². The van der Waals surface area contributed by atoms with Crippen molar-refractivity contribution in [3.05, 3.63) is 23.8 Å². The number of likely N-dealkylation sites (tertiary alicyclic amines) is 1. The van der Waals surface area contributed by atoms with Crippen molar-refractivity contribution in [2.75, 3.05) is 36.8 Å². The van der Waals surface area contributed by atoms with Gasteiger partial charge in [0.15, 0.2) is 0 Å². The smallest absolute Gasteiger partial charge is 0.0400 e. The minimum atomic E-state index is 0.658. The molecule has 0 bridgehead atoms. The molecule has 1 aromatic carbocycles. The fraction of sp³-hybridized carbons (Fsp3) is 0.625. The lowest BCUT2D eigenvalue weighted by Crippen LogP contribution is -2.42. The Morgan fingerprint density at radius 3 is 2.74 bits per heavy atom. The molecule has 3 rings (SSSR count). The van der Waals surface area contributed by atoms with Crippen molar-refractivity contribution in [2.45, 2.75) is 38.6 Å². The molecule has 0 amide bonds. The third-order valence-electron chi connectivity index (χ3n) is 4.57. The van der Waals surface area contributed by atoms with Crippen molar-refractivity contribution in [1.82, 2.24) is 4.90 Å². The summed E-state index contributed by atoms with van der Waals surface area (Å²) in [7, 11) is 0. The molecule has 2 aliphatic rings. The van der Waals surface area contributed by atoms with E-state index in [1.807, 2.05) is 6.07 Å². The molecule has 0 saturated carbocycles. The average Bonchev–Trinajstić information content (AvgIpc) is 2.92. The molecular formula is C16H25N3. The van der Waals surface area contributed by atoms with Crippen molar-refractivity contribution in [1.29, 1.82) is 0 Å². The molecule has 1 unspecified atom stereocenters. The Bertz CT molecular complexity index is 438. The highest BCUT2D eigenvalue weighted by molar-refractivity contribution is 5.61. The molecule has 2 aliphatic heterocycles. The van der Waals surface area contributed by atoms with E-state index in [1.54, 1.807) is 0 Å². The Balaban J connectivity index is 1.72. The van der Waals surface area contributed by atoms with Gasteiger partial charge < -0.3 is 10.6 Å². The fourth-order valence-corrected chi connectivity index (χ4v) is 3.50. The van der Waals surface area contributed by atoms with Gasteiger partial charge >= 0.3 is 0 Å². The van der Waals surface area contributed by atoms with Crippen LogP contribution in [0.5, 0.6) is 0 Å². The quantitative estimate of drug-likeness (QED) is 0.847. The molecule has 3 heteroatoms. The van der Waals surface area contributed by atoms with Crippen molar-refractivity contribution in [3.8, 4) is 0 Å². The van der Waals surface area contributed by atoms with E-state index in [0.717, 1.165) is 12.2 Å². The summed E-state index contributed by atoms with van der Waals surface area (Å²) in [6.45, 7) is 7.27. The van der Waals surface area contributed by atoms with Gasteiger partial charge in [-0.25, -0.2) is 0 Å². The number of aryl methyl sites for hydroxylation is 1. The molecule has 0 spiro atoms. The Morgan fingerprint density at radius 1 is 1.16 bits per heavy atom. The molecule has 19 heavy (non-hydrogen) atoms. The second-order valence-electron chi connectivity index (χ2n) is 6.03. The molecule has 1 atom stereocenters. The van der Waals surface area contributed by atoms with Crippen LogP contribution >= 0.6 is 0 Å². The third-order valence-corrected chi connectivity index (χ3v) is 4.57. The van der Waals surface area contributed by atoms with Gasteiger partial charge in [0.1, 0.15) is 0 Å².